The van der Waals surface area contributed by atoms with Crippen LogP contribution in [0, 0.1) is 0 Å². The van der Waals surface area contributed by atoms with E-state index in [2.05, 4.69) is 19.2 Å². The topological polar surface area (TPSA) is 95.9 Å². The van der Waals surface area contributed by atoms with Gasteiger partial charge in [-0.15, -0.1) is 0 Å². The second-order valence-electron chi connectivity index (χ2n) is 18.9. The number of hydrogen-bond acceptors (Lipinski definition) is 5. The Morgan fingerprint density at radius 3 is 1.02 bits per heavy atom. The number of aliphatic hydroxyl groups excluding tert-OH is 2. The van der Waals surface area contributed by atoms with Gasteiger partial charge in [-0.25, -0.2) is 0 Å². The Bertz CT molecular complexity index is 852. The monoisotopic (exact) mass is 850 g/mol. The van der Waals surface area contributed by atoms with Crippen LogP contribution in [0.15, 0.2) is 0 Å². The first-order valence-electron chi connectivity index (χ1n) is 27.3. The number of unbranched alkanes of at least 4 members (excludes halogenated alkanes) is 40. The summed E-state index contributed by atoms with van der Waals surface area (Å²) < 4.78 is 5.48. The largest absolute Gasteiger partial charge is 0.466 e. The van der Waals surface area contributed by atoms with Crippen molar-refractivity contribution in [2.24, 2.45) is 0 Å². The minimum absolute atomic E-state index is 0.00926. The fourth-order valence-corrected chi connectivity index (χ4v) is 8.70. The third-order valence-corrected chi connectivity index (χ3v) is 12.9. The molecule has 0 aromatic rings. The number of hydrogen-bond donors (Lipinski definition) is 3. The summed E-state index contributed by atoms with van der Waals surface area (Å²) in [5.74, 6) is -0.0312. The Morgan fingerprint density at radius 1 is 0.400 bits per heavy atom. The van der Waals surface area contributed by atoms with Crippen LogP contribution >= 0.6 is 0 Å². The molecule has 6 nitrogen and oxygen atoms in total. The number of esters is 1. The highest BCUT2D eigenvalue weighted by molar-refractivity contribution is 5.76. The van der Waals surface area contributed by atoms with Crippen LogP contribution in [0.2, 0.25) is 0 Å². The molecule has 0 aliphatic carbocycles. The molecule has 0 bridgehead atoms. The Labute approximate surface area is 375 Å². The Balaban J connectivity index is 3.36. The van der Waals surface area contributed by atoms with Crippen molar-refractivity contribution in [3.05, 3.63) is 0 Å². The lowest BCUT2D eigenvalue weighted by Gasteiger charge is -2.22. The lowest BCUT2D eigenvalue weighted by molar-refractivity contribution is -0.143. The zero-order chi connectivity index (χ0) is 43.7. The normalized spacial score (nSPS) is 12.5. The molecule has 1 amide bonds. The van der Waals surface area contributed by atoms with Crippen LogP contribution < -0.4 is 5.32 Å². The lowest BCUT2D eigenvalue weighted by Crippen LogP contribution is -2.45. The van der Waals surface area contributed by atoms with Gasteiger partial charge in [-0.3, -0.25) is 9.59 Å². The van der Waals surface area contributed by atoms with Crippen LogP contribution in [0.4, 0.5) is 0 Å². The molecule has 0 aromatic carbocycles. The highest BCUT2D eigenvalue weighted by Crippen LogP contribution is 2.17. The number of ether oxygens (including phenoxy) is 1. The zero-order valence-electron chi connectivity index (χ0n) is 40.7. The second-order valence-corrected chi connectivity index (χ2v) is 18.9. The maximum absolute atomic E-state index is 12.4. The quantitative estimate of drug-likeness (QED) is 0.0418. The summed E-state index contributed by atoms with van der Waals surface area (Å²) in [6.45, 7) is 4.95. The van der Waals surface area contributed by atoms with Gasteiger partial charge in [0, 0.05) is 12.8 Å². The second kappa shape index (κ2) is 50.5. The molecule has 0 spiro atoms. The molecule has 358 valence electrons. The van der Waals surface area contributed by atoms with Crippen LogP contribution in [-0.2, 0) is 14.3 Å². The molecule has 0 fully saturated rings. The van der Waals surface area contributed by atoms with E-state index >= 15 is 0 Å². The van der Waals surface area contributed by atoms with E-state index in [0.29, 0.717) is 25.9 Å². The number of nitrogens with one attached hydrogen (secondary N) is 1. The van der Waals surface area contributed by atoms with E-state index in [4.69, 9.17) is 4.74 Å². The van der Waals surface area contributed by atoms with Crippen molar-refractivity contribution in [1.82, 2.24) is 5.32 Å². The molecular formula is C54H107NO5. The van der Waals surface area contributed by atoms with Gasteiger partial charge in [0.15, 0.2) is 0 Å². The average Bonchev–Trinajstić information content (AvgIpc) is 3.25. The van der Waals surface area contributed by atoms with Gasteiger partial charge in [0.2, 0.25) is 5.91 Å². The molecule has 60 heavy (non-hydrogen) atoms. The van der Waals surface area contributed by atoms with E-state index in [9.17, 15) is 19.8 Å². The molecule has 0 aliphatic heterocycles. The first-order chi connectivity index (χ1) is 29.5. The number of carbonyl (C=O) groups is 2. The molecule has 2 atom stereocenters. The Kier molecular flexibility index (Phi) is 49.5. The summed E-state index contributed by atoms with van der Waals surface area (Å²) in [4.78, 5) is 24.5. The molecule has 0 saturated carbocycles. The molecule has 0 radical (unpaired) electrons. The van der Waals surface area contributed by atoms with Crippen molar-refractivity contribution in [3.8, 4) is 0 Å². The van der Waals surface area contributed by atoms with Crippen LogP contribution in [0.5, 0.6) is 0 Å². The summed E-state index contributed by atoms with van der Waals surface area (Å²) in [6, 6.07) is -0.542. The van der Waals surface area contributed by atoms with E-state index in [1.807, 2.05) is 0 Å². The smallest absolute Gasteiger partial charge is 0.305 e. The van der Waals surface area contributed by atoms with Gasteiger partial charge >= 0.3 is 5.97 Å². The molecule has 0 saturated heterocycles. The van der Waals surface area contributed by atoms with Crippen molar-refractivity contribution in [1.29, 1.82) is 0 Å². The lowest BCUT2D eigenvalue weighted by atomic mass is 10.0. The number of rotatable bonds is 51. The Hall–Kier alpha value is -1.14. The van der Waals surface area contributed by atoms with Crippen LogP contribution in [0.25, 0.3) is 0 Å². The summed E-state index contributed by atoms with van der Waals surface area (Å²) in [6.07, 6.45) is 56.6. The van der Waals surface area contributed by atoms with Crippen molar-refractivity contribution in [2.75, 3.05) is 13.2 Å². The molecule has 0 aromatic heterocycles. The Morgan fingerprint density at radius 2 is 0.683 bits per heavy atom. The van der Waals surface area contributed by atoms with Gasteiger partial charge in [-0.2, -0.15) is 0 Å². The van der Waals surface area contributed by atoms with Gasteiger partial charge < -0.3 is 20.3 Å². The molecular weight excluding hydrogens is 743 g/mol. The van der Waals surface area contributed by atoms with E-state index in [1.54, 1.807) is 0 Å². The summed E-state index contributed by atoms with van der Waals surface area (Å²) in [5.41, 5.74) is 0. The van der Waals surface area contributed by atoms with E-state index in [-0.39, 0.29) is 18.5 Å². The van der Waals surface area contributed by atoms with E-state index < -0.39 is 12.1 Å². The van der Waals surface area contributed by atoms with Crippen molar-refractivity contribution < 1.29 is 24.5 Å². The predicted octanol–water partition coefficient (Wildman–Crippen LogP) is 16.4. The van der Waals surface area contributed by atoms with Crippen LogP contribution in [-0.4, -0.2) is 47.4 Å². The highest BCUT2D eigenvalue weighted by Gasteiger charge is 2.20. The summed E-state index contributed by atoms with van der Waals surface area (Å²) in [5, 5.41) is 23.1. The third-order valence-electron chi connectivity index (χ3n) is 12.9. The van der Waals surface area contributed by atoms with Gasteiger partial charge in [-0.05, 0) is 25.7 Å². The molecule has 6 heteroatoms. The minimum Gasteiger partial charge on any atom is -0.466 e. The molecule has 2 unspecified atom stereocenters. The first-order valence-corrected chi connectivity index (χ1v) is 27.3. The fourth-order valence-electron chi connectivity index (χ4n) is 8.70. The minimum atomic E-state index is -0.664. The first kappa shape index (κ1) is 58.9. The molecule has 0 rings (SSSR count). The fraction of sp³-hybridized carbons (Fsp3) is 0.963. The van der Waals surface area contributed by atoms with Gasteiger partial charge in [0.25, 0.3) is 0 Å². The van der Waals surface area contributed by atoms with Gasteiger partial charge in [-0.1, -0.05) is 271 Å². The SMILES string of the molecule is CCCCCCCCCCCCCCCCCCC(=O)OCCCCCCCCCCCCCCCCCCCC(=O)NC(CO)C(O)CCCCCCCCCCCC. The average molecular weight is 850 g/mol. The summed E-state index contributed by atoms with van der Waals surface area (Å²) >= 11 is 0. The van der Waals surface area contributed by atoms with E-state index in [0.717, 1.165) is 38.5 Å². The van der Waals surface area contributed by atoms with Crippen molar-refractivity contribution in [3.63, 3.8) is 0 Å². The maximum Gasteiger partial charge on any atom is 0.305 e. The third kappa shape index (κ3) is 46.4. The van der Waals surface area contributed by atoms with Crippen LogP contribution in [0.1, 0.15) is 309 Å². The molecule has 3 N–H and O–H groups in total. The number of amides is 1. The van der Waals surface area contributed by atoms with Crippen molar-refractivity contribution in [2.45, 2.75) is 321 Å². The standard InChI is InChI=1S/C54H107NO5/c1-3-5-7-9-11-13-15-16-17-22-25-28-32-36-40-44-48-54(59)60-49-45-41-37-33-29-26-23-20-18-19-21-24-27-31-35-39-43-47-53(58)55-51(50-56)52(57)46-42-38-34-30-14-12-10-8-6-4-2/h51-52,56-57H,3-50H2,1-2H3,(H,55,58). The summed E-state index contributed by atoms with van der Waals surface area (Å²) in [7, 11) is 0. The van der Waals surface area contributed by atoms with Gasteiger partial charge in [0.05, 0.1) is 25.4 Å². The van der Waals surface area contributed by atoms with E-state index in [1.165, 1.54) is 238 Å². The van der Waals surface area contributed by atoms with Crippen LogP contribution in [0.3, 0.4) is 0 Å². The maximum atomic E-state index is 12.4. The number of carbonyl (C=O) groups excluding carboxylic acids is 2. The zero-order valence-corrected chi connectivity index (χ0v) is 40.7. The molecule has 0 heterocycles. The molecule has 0 aliphatic rings. The number of aliphatic hydroxyl groups is 2. The van der Waals surface area contributed by atoms with Crippen molar-refractivity contribution >= 4 is 11.9 Å². The van der Waals surface area contributed by atoms with Gasteiger partial charge in [0.1, 0.15) is 0 Å². The highest BCUT2D eigenvalue weighted by atomic mass is 16.5. The predicted molar refractivity (Wildman–Crippen MR) is 260 cm³/mol.